The number of thiazole rings is 1. The van der Waals surface area contributed by atoms with Gasteiger partial charge < -0.3 is 10.2 Å². The monoisotopic (exact) mass is 309 g/mol. The molecule has 0 radical (unpaired) electrons. The normalized spacial score (nSPS) is 22.8. The van der Waals surface area contributed by atoms with Crippen molar-refractivity contribution in [2.75, 3.05) is 0 Å². The molecule has 2 rings (SSSR count). The van der Waals surface area contributed by atoms with Crippen molar-refractivity contribution in [2.24, 2.45) is 5.92 Å². The average Bonchev–Trinajstić information content (AvgIpc) is 2.92. The lowest BCUT2D eigenvalue weighted by Gasteiger charge is -2.39. The second-order valence-electron chi connectivity index (χ2n) is 5.93. The Balaban J connectivity index is 2.19. The van der Waals surface area contributed by atoms with Gasteiger partial charge in [-0.1, -0.05) is 27.2 Å². The Bertz CT molecular complexity index is 487. The van der Waals surface area contributed by atoms with Crippen LogP contribution in [0, 0.1) is 5.92 Å². The molecule has 1 fully saturated rings. The van der Waals surface area contributed by atoms with E-state index in [0.29, 0.717) is 25.3 Å². The minimum Gasteiger partial charge on any atom is -0.342 e. The fourth-order valence-corrected chi connectivity index (χ4v) is 3.29. The van der Waals surface area contributed by atoms with E-state index in [1.807, 2.05) is 6.92 Å². The molecule has 1 aromatic heterocycles. The Morgan fingerprint density at radius 2 is 2.19 bits per heavy atom. The van der Waals surface area contributed by atoms with E-state index in [9.17, 15) is 9.59 Å². The highest BCUT2D eigenvalue weighted by atomic mass is 32.1. The van der Waals surface area contributed by atoms with Crippen molar-refractivity contribution in [3.05, 3.63) is 16.6 Å². The number of carbonyl (C=O) groups excluding carboxylic acids is 2. The molecule has 2 unspecified atom stereocenters. The molecular weight excluding hydrogens is 286 g/mol. The molecule has 2 atom stereocenters. The number of carbonyl (C=O) groups is 2. The number of nitrogens with one attached hydrogen (secondary N) is 1. The smallest absolute Gasteiger partial charge is 0.246 e. The maximum absolute atomic E-state index is 12.7. The van der Waals surface area contributed by atoms with Gasteiger partial charge in [0.1, 0.15) is 12.1 Å². The van der Waals surface area contributed by atoms with E-state index in [1.54, 1.807) is 16.6 Å². The van der Waals surface area contributed by atoms with Gasteiger partial charge >= 0.3 is 0 Å². The lowest BCUT2D eigenvalue weighted by atomic mass is 9.97. The molecule has 1 N–H and O–H groups in total. The van der Waals surface area contributed by atoms with Crippen LogP contribution < -0.4 is 5.32 Å². The summed E-state index contributed by atoms with van der Waals surface area (Å²) in [6.45, 7) is 6.63. The van der Waals surface area contributed by atoms with E-state index in [1.165, 1.54) is 11.3 Å². The van der Waals surface area contributed by atoms with Crippen LogP contribution in [0.4, 0.5) is 0 Å². The fraction of sp³-hybridized carbons (Fsp3) is 0.667. The van der Waals surface area contributed by atoms with Gasteiger partial charge in [0.2, 0.25) is 11.8 Å². The average molecular weight is 309 g/mol. The van der Waals surface area contributed by atoms with E-state index in [-0.39, 0.29) is 17.9 Å². The lowest BCUT2D eigenvalue weighted by molar-refractivity contribution is -0.150. The molecule has 2 amide bonds. The van der Waals surface area contributed by atoms with Gasteiger partial charge in [0.25, 0.3) is 0 Å². The van der Waals surface area contributed by atoms with Crippen LogP contribution in [-0.4, -0.2) is 33.8 Å². The largest absolute Gasteiger partial charge is 0.342 e. The molecule has 1 aliphatic rings. The minimum atomic E-state index is -0.390. The Morgan fingerprint density at radius 3 is 2.76 bits per heavy atom. The highest BCUT2D eigenvalue weighted by molar-refractivity contribution is 7.09. The number of hydrogen-bond donors (Lipinski definition) is 1. The van der Waals surface area contributed by atoms with Gasteiger partial charge in [-0.25, -0.2) is 0 Å². The van der Waals surface area contributed by atoms with Crippen LogP contribution in [0.15, 0.2) is 11.7 Å². The van der Waals surface area contributed by atoms with Crippen molar-refractivity contribution < 1.29 is 9.59 Å². The first-order chi connectivity index (χ1) is 10.0. The van der Waals surface area contributed by atoms with Gasteiger partial charge in [-0.3, -0.25) is 14.6 Å². The van der Waals surface area contributed by atoms with Crippen molar-refractivity contribution in [1.29, 1.82) is 0 Å². The summed E-state index contributed by atoms with van der Waals surface area (Å²) >= 11 is 1.52. The number of amides is 2. The Hall–Kier alpha value is -1.43. The Labute approximate surface area is 129 Å². The van der Waals surface area contributed by atoms with Gasteiger partial charge in [0.05, 0.1) is 12.1 Å². The molecule has 21 heavy (non-hydrogen) atoms. The van der Waals surface area contributed by atoms with Gasteiger partial charge in [0, 0.05) is 11.1 Å². The first-order valence-corrected chi connectivity index (χ1v) is 8.39. The predicted octanol–water partition coefficient (Wildman–Crippen LogP) is 2.18. The molecule has 0 spiro atoms. The summed E-state index contributed by atoms with van der Waals surface area (Å²) in [6.07, 6.45) is 4.03. The molecular formula is C15H23N3O2S. The second-order valence-corrected chi connectivity index (χ2v) is 6.90. The highest BCUT2D eigenvalue weighted by Crippen LogP contribution is 2.22. The summed E-state index contributed by atoms with van der Waals surface area (Å²) in [5.74, 6) is 0.383. The first-order valence-electron chi connectivity index (χ1n) is 7.51. The van der Waals surface area contributed by atoms with Crippen LogP contribution in [-0.2, 0) is 16.1 Å². The summed E-state index contributed by atoms with van der Waals surface area (Å²) in [5.41, 5.74) is 1.75. The topological polar surface area (TPSA) is 62.3 Å². The van der Waals surface area contributed by atoms with Gasteiger partial charge in [-0.15, -0.1) is 11.3 Å². The molecule has 1 aliphatic heterocycles. The van der Waals surface area contributed by atoms with Crippen molar-refractivity contribution in [3.8, 4) is 0 Å². The standard InChI is InChI=1S/C15H23N3O2S/c1-4-5-13-14(19)17-12(6-10(2)3)15(20)18(13)8-11-7-16-9-21-11/h7,9-10,12-13H,4-6,8H2,1-3H3,(H,17,19). The van der Waals surface area contributed by atoms with E-state index in [4.69, 9.17) is 0 Å². The molecule has 1 saturated heterocycles. The molecule has 6 heteroatoms. The van der Waals surface area contributed by atoms with Crippen LogP contribution in [0.5, 0.6) is 0 Å². The molecule has 2 heterocycles. The quantitative estimate of drug-likeness (QED) is 0.876. The number of rotatable bonds is 6. The molecule has 0 bridgehead atoms. The van der Waals surface area contributed by atoms with E-state index >= 15 is 0 Å². The first kappa shape index (κ1) is 15.9. The zero-order chi connectivity index (χ0) is 15.4. The number of piperazine rings is 1. The zero-order valence-corrected chi connectivity index (χ0v) is 13.7. The maximum Gasteiger partial charge on any atom is 0.246 e. The number of nitrogens with zero attached hydrogens (tertiary/aromatic N) is 2. The molecule has 0 aromatic carbocycles. The fourth-order valence-electron chi connectivity index (χ4n) is 2.69. The zero-order valence-electron chi connectivity index (χ0n) is 12.8. The summed E-state index contributed by atoms with van der Waals surface area (Å²) in [5, 5.41) is 2.90. The van der Waals surface area contributed by atoms with Crippen LogP contribution in [0.1, 0.15) is 44.9 Å². The summed E-state index contributed by atoms with van der Waals surface area (Å²) in [6, 6.07) is -0.744. The van der Waals surface area contributed by atoms with Gasteiger partial charge in [-0.05, 0) is 18.8 Å². The van der Waals surface area contributed by atoms with Crippen molar-refractivity contribution >= 4 is 23.2 Å². The number of aromatic nitrogens is 1. The Kier molecular flexibility index (Phi) is 5.33. The molecule has 1 aromatic rings. The number of hydrogen-bond acceptors (Lipinski definition) is 4. The molecule has 0 aliphatic carbocycles. The van der Waals surface area contributed by atoms with Crippen molar-refractivity contribution in [3.63, 3.8) is 0 Å². The van der Waals surface area contributed by atoms with Gasteiger partial charge in [0.15, 0.2) is 0 Å². The molecule has 116 valence electrons. The second kappa shape index (κ2) is 7.02. The van der Waals surface area contributed by atoms with Crippen LogP contribution in [0.3, 0.4) is 0 Å². The van der Waals surface area contributed by atoms with Crippen LogP contribution in [0.25, 0.3) is 0 Å². The summed E-state index contributed by atoms with van der Waals surface area (Å²) < 4.78 is 0. The molecule has 5 nitrogen and oxygen atoms in total. The highest BCUT2D eigenvalue weighted by Gasteiger charge is 2.40. The van der Waals surface area contributed by atoms with E-state index < -0.39 is 6.04 Å². The Morgan fingerprint density at radius 1 is 1.43 bits per heavy atom. The minimum absolute atomic E-state index is 0.0217. The maximum atomic E-state index is 12.7. The SMILES string of the molecule is CCCC1C(=O)NC(CC(C)C)C(=O)N1Cc1cncs1. The third-order valence-electron chi connectivity index (χ3n) is 3.66. The lowest BCUT2D eigenvalue weighted by Crippen LogP contribution is -2.63. The van der Waals surface area contributed by atoms with Gasteiger partial charge in [-0.2, -0.15) is 0 Å². The van der Waals surface area contributed by atoms with Crippen molar-refractivity contribution in [2.45, 2.75) is 58.7 Å². The van der Waals surface area contributed by atoms with Crippen LogP contribution in [0.2, 0.25) is 0 Å². The summed E-state index contributed by atoms with van der Waals surface area (Å²) in [7, 11) is 0. The van der Waals surface area contributed by atoms with Crippen LogP contribution >= 0.6 is 11.3 Å². The van der Waals surface area contributed by atoms with E-state index in [2.05, 4.69) is 24.1 Å². The third-order valence-corrected chi connectivity index (χ3v) is 4.42. The third kappa shape index (κ3) is 3.81. The van der Waals surface area contributed by atoms with Crippen molar-refractivity contribution in [1.82, 2.24) is 15.2 Å². The predicted molar refractivity (Wildman–Crippen MR) is 82.7 cm³/mol. The summed E-state index contributed by atoms with van der Waals surface area (Å²) in [4.78, 5) is 31.9. The molecule has 0 saturated carbocycles. The van der Waals surface area contributed by atoms with E-state index in [0.717, 1.165) is 11.3 Å².